The Hall–Kier alpha value is -0.780. The lowest BCUT2D eigenvalue weighted by molar-refractivity contribution is -0.118. The molecule has 4 rings (SSSR count). The molecule has 1 heterocycles. The van der Waals surface area contributed by atoms with Gasteiger partial charge in [-0.15, -0.1) is 0 Å². The van der Waals surface area contributed by atoms with Gasteiger partial charge in [-0.2, -0.15) is 0 Å². The fraction of sp³-hybridized carbons (Fsp3) is 0.727. The summed E-state index contributed by atoms with van der Waals surface area (Å²) < 4.78 is 7.19. The highest BCUT2D eigenvalue weighted by molar-refractivity contribution is 14.1. The SMILES string of the molecule is C=C=C(OC1(C)CCCCC1)C1C2CC3C(NC(C)C31)C2NC(=O)C(=C)I. The van der Waals surface area contributed by atoms with Crippen LogP contribution in [0.1, 0.15) is 52.4 Å². The molecule has 0 aromatic carbocycles. The molecule has 0 radical (unpaired) electrons. The molecule has 1 aliphatic heterocycles. The number of ether oxygens (including phenoxy) is 1. The van der Waals surface area contributed by atoms with Crippen molar-refractivity contribution in [3.63, 3.8) is 0 Å². The summed E-state index contributed by atoms with van der Waals surface area (Å²) in [5, 5.41) is 7.01. The van der Waals surface area contributed by atoms with Crippen LogP contribution >= 0.6 is 22.6 Å². The van der Waals surface area contributed by atoms with Crippen LogP contribution in [-0.4, -0.2) is 29.6 Å². The summed E-state index contributed by atoms with van der Waals surface area (Å²) in [6.45, 7) is 12.3. The summed E-state index contributed by atoms with van der Waals surface area (Å²) in [5.41, 5.74) is 3.09. The van der Waals surface area contributed by atoms with Gasteiger partial charge in [0.05, 0.1) is 3.58 Å². The molecule has 7 atom stereocenters. The summed E-state index contributed by atoms with van der Waals surface area (Å²) in [4.78, 5) is 12.3. The summed E-state index contributed by atoms with van der Waals surface area (Å²) in [7, 11) is 0. The number of hydrogen-bond acceptors (Lipinski definition) is 3. The highest BCUT2D eigenvalue weighted by Gasteiger charge is 2.65. The van der Waals surface area contributed by atoms with Gasteiger partial charge in [0.15, 0.2) is 0 Å². The number of rotatable bonds is 5. The summed E-state index contributed by atoms with van der Waals surface area (Å²) in [5.74, 6) is 2.72. The highest BCUT2D eigenvalue weighted by atomic mass is 127. The molecule has 4 fully saturated rings. The lowest BCUT2D eigenvalue weighted by atomic mass is 9.74. The Morgan fingerprint density at radius 1 is 1.30 bits per heavy atom. The van der Waals surface area contributed by atoms with Crippen LogP contribution in [0.2, 0.25) is 0 Å². The third-order valence-electron chi connectivity index (χ3n) is 7.55. The van der Waals surface area contributed by atoms with Crippen molar-refractivity contribution in [2.45, 2.75) is 76.1 Å². The second kappa shape index (κ2) is 7.23. The smallest absolute Gasteiger partial charge is 0.257 e. The predicted molar refractivity (Wildman–Crippen MR) is 115 cm³/mol. The maximum absolute atomic E-state index is 12.3. The van der Waals surface area contributed by atoms with E-state index in [-0.39, 0.29) is 17.6 Å². The molecule has 3 saturated carbocycles. The summed E-state index contributed by atoms with van der Waals surface area (Å²) in [6, 6.07) is 0.916. The van der Waals surface area contributed by atoms with E-state index in [1.807, 2.05) is 22.6 Å². The second-order valence-electron chi connectivity index (χ2n) is 9.21. The monoisotopic (exact) mass is 482 g/mol. The van der Waals surface area contributed by atoms with Crippen molar-refractivity contribution in [3.05, 3.63) is 28.2 Å². The van der Waals surface area contributed by atoms with Crippen LogP contribution in [0.3, 0.4) is 0 Å². The number of carbonyl (C=O) groups excluding carboxylic acids is 1. The van der Waals surface area contributed by atoms with E-state index < -0.39 is 0 Å². The minimum atomic E-state index is -0.0932. The normalized spacial score (nSPS) is 41.1. The Labute approximate surface area is 176 Å². The molecule has 1 amide bonds. The lowest BCUT2D eigenvalue weighted by Crippen LogP contribution is -2.52. The number of fused-ring (bicyclic) bond motifs is 1. The zero-order chi connectivity index (χ0) is 19.3. The molecule has 5 heteroatoms. The van der Waals surface area contributed by atoms with Gasteiger partial charge in [0.1, 0.15) is 11.4 Å². The minimum Gasteiger partial charge on any atom is -0.484 e. The van der Waals surface area contributed by atoms with E-state index >= 15 is 0 Å². The molecule has 4 nitrogen and oxygen atoms in total. The average Bonchev–Trinajstić information content (AvgIpc) is 3.24. The summed E-state index contributed by atoms with van der Waals surface area (Å²) in [6.07, 6.45) is 7.12. The van der Waals surface area contributed by atoms with Gasteiger partial charge >= 0.3 is 0 Å². The molecule has 148 valence electrons. The number of hydrogen-bond donors (Lipinski definition) is 2. The largest absolute Gasteiger partial charge is 0.484 e. The maximum Gasteiger partial charge on any atom is 0.257 e. The Balaban J connectivity index is 1.58. The number of carbonyl (C=O) groups is 1. The molecule has 3 aliphatic carbocycles. The first-order valence-corrected chi connectivity index (χ1v) is 11.4. The third-order valence-corrected chi connectivity index (χ3v) is 8.04. The molecule has 4 aliphatic rings. The Bertz CT molecular complexity index is 692. The maximum atomic E-state index is 12.3. The number of allylic oxidation sites excluding steroid dienone is 1. The topological polar surface area (TPSA) is 50.4 Å². The molecule has 27 heavy (non-hydrogen) atoms. The van der Waals surface area contributed by atoms with Crippen molar-refractivity contribution in [2.75, 3.05) is 0 Å². The first-order valence-electron chi connectivity index (χ1n) is 10.3. The van der Waals surface area contributed by atoms with Gasteiger partial charge in [0, 0.05) is 24.0 Å². The van der Waals surface area contributed by atoms with E-state index in [2.05, 4.69) is 43.4 Å². The Morgan fingerprint density at radius 2 is 2.00 bits per heavy atom. The molecule has 0 spiro atoms. The van der Waals surface area contributed by atoms with Gasteiger partial charge in [-0.25, -0.2) is 0 Å². The Kier molecular flexibility index (Phi) is 5.23. The summed E-state index contributed by atoms with van der Waals surface area (Å²) >= 11 is 2.00. The first-order chi connectivity index (χ1) is 12.8. The van der Waals surface area contributed by atoms with Gasteiger partial charge in [0.25, 0.3) is 5.91 Å². The molecule has 2 N–H and O–H groups in total. The van der Waals surface area contributed by atoms with Crippen LogP contribution in [0.4, 0.5) is 0 Å². The van der Waals surface area contributed by atoms with Gasteiger partial charge in [-0.1, -0.05) is 25.3 Å². The molecule has 0 aromatic rings. The van der Waals surface area contributed by atoms with E-state index in [0.717, 1.165) is 25.0 Å². The quantitative estimate of drug-likeness (QED) is 0.269. The fourth-order valence-corrected chi connectivity index (χ4v) is 6.62. The fourth-order valence-electron chi connectivity index (χ4n) is 6.47. The van der Waals surface area contributed by atoms with Crippen molar-refractivity contribution >= 4 is 28.5 Å². The van der Waals surface area contributed by atoms with Crippen molar-refractivity contribution in [1.29, 1.82) is 0 Å². The second-order valence-corrected chi connectivity index (χ2v) is 10.5. The van der Waals surface area contributed by atoms with E-state index in [1.165, 1.54) is 19.3 Å². The Morgan fingerprint density at radius 3 is 2.63 bits per heavy atom. The first kappa shape index (κ1) is 19.5. The van der Waals surface area contributed by atoms with Crippen molar-refractivity contribution in [3.8, 4) is 0 Å². The van der Waals surface area contributed by atoms with Crippen LogP contribution in [0.5, 0.6) is 0 Å². The van der Waals surface area contributed by atoms with Gasteiger partial charge in [-0.05, 0) is 86.3 Å². The van der Waals surface area contributed by atoms with Crippen molar-refractivity contribution < 1.29 is 9.53 Å². The average molecular weight is 482 g/mol. The zero-order valence-corrected chi connectivity index (χ0v) is 18.6. The van der Waals surface area contributed by atoms with Gasteiger partial charge in [-0.3, -0.25) is 4.79 Å². The molecule has 1 saturated heterocycles. The van der Waals surface area contributed by atoms with Crippen LogP contribution in [-0.2, 0) is 9.53 Å². The van der Waals surface area contributed by atoms with E-state index in [0.29, 0.717) is 39.3 Å². The third kappa shape index (κ3) is 3.30. The van der Waals surface area contributed by atoms with Crippen LogP contribution in [0, 0.1) is 23.7 Å². The van der Waals surface area contributed by atoms with E-state index in [4.69, 9.17) is 4.74 Å². The van der Waals surface area contributed by atoms with E-state index in [1.54, 1.807) is 0 Å². The molecule has 0 aromatic heterocycles. The zero-order valence-electron chi connectivity index (χ0n) is 16.4. The number of halogens is 1. The van der Waals surface area contributed by atoms with Crippen LogP contribution in [0.25, 0.3) is 0 Å². The van der Waals surface area contributed by atoms with Gasteiger partial charge in [0.2, 0.25) is 0 Å². The number of amides is 1. The molecular formula is C22H31IN2O2. The standard InChI is InChI=1S/C22H31IN2O2/c1-5-16(27-22(4)9-7-6-8-10-22)18-15-11-14-17(18)13(3)24-19(14)20(15)25-21(26)12(2)23/h13-15,17-20,24H,1-2,6-11H2,3-4H3,(H,25,26). The highest BCUT2D eigenvalue weighted by Crippen LogP contribution is 2.59. The molecule has 2 bridgehead atoms. The van der Waals surface area contributed by atoms with Crippen molar-refractivity contribution in [2.24, 2.45) is 23.7 Å². The van der Waals surface area contributed by atoms with Gasteiger partial charge < -0.3 is 15.4 Å². The van der Waals surface area contributed by atoms with Crippen molar-refractivity contribution in [1.82, 2.24) is 10.6 Å². The van der Waals surface area contributed by atoms with Crippen LogP contribution in [0.15, 0.2) is 28.2 Å². The number of nitrogens with one attached hydrogen (secondary N) is 2. The lowest BCUT2D eigenvalue weighted by Gasteiger charge is -2.40. The van der Waals surface area contributed by atoms with Crippen LogP contribution < -0.4 is 10.6 Å². The minimum absolute atomic E-state index is 0.0471. The molecular weight excluding hydrogens is 451 g/mol. The molecule has 7 unspecified atom stereocenters. The van der Waals surface area contributed by atoms with E-state index in [9.17, 15) is 4.79 Å². The predicted octanol–water partition coefficient (Wildman–Crippen LogP) is 4.07.